The monoisotopic (exact) mass is 630 g/mol. The van der Waals surface area contributed by atoms with Gasteiger partial charge in [0, 0.05) is 75.0 Å². The fourth-order valence-corrected chi connectivity index (χ4v) is 6.21. The van der Waals surface area contributed by atoms with Gasteiger partial charge in [0.15, 0.2) is 0 Å². The highest BCUT2D eigenvalue weighted by molar-refractivity contribution is 6.41. The molecule has 11 nitrogen and oxygen atoms in total. The number of carbonyl (C=O) groups excluding carboxylic acids is 1. The van der Waals surface area contributed by atoms with Crippen LogP contribution in [-0.4, -0.2) is 96.9 Å². The molecule has 0 spiro atoms. The van der Waals surface area contributed by atoms with E-state index in [9.17, 15) is 9.59 Å². The second-order valence-corrected chi connectivity index (χ2v) is 11.4. The van der Waals surface area contributed by atoms with Gasteiger partial charge in [-0.25, -0.2) is 4.98 Å². The summed E-state index contributed by atoms with van der Waals surface area (Å²) in [6.45, 7) is 9.68. The van der Waals surface area contributed by atoms with Crippen LogP contribution in [0.5, 0.6) is 11.5 Å². The first-order valence-corrected chi connectivity index (χ1v) is 15.1. The van der Waals surface area contributed by atoms with Crippen molar-refractivity contribution in [3.8, 4) is 22.6 Å². The average molecular weight is 632 g/mol. The van der Waals surface area contributed by atoms with Crippen molar-refractivity contribution in [3.05, 3.63) is 51.4 Å². The number of aromatic nitrogens is 3. The number of hydrogen-bond donors (Lipinski definition) is 1. The SMILES string of the molecule is C=CC(=O)N1CCN(CCCn2c(=O)c(-c3c(Cl)c(OC)cc(OC)c3Cl)cc3cnc(NCC4CCOC4)nc32)CC1. The van der Waals surface area contributed by atoms with Crippen LogP contribution >= 0.6 is 23.2 Å². The zero-order chi connectivity index (χ0) is 30.5. The molecule has 13 heteroatoms. The number of hydrogen-bond acceptors (Lipinski definition) is 9. The van der Waals surface area contributed by atoms with Crippen LogP contribution in [-0.2, 0) is 16.1 Å². The van der Waals surface area contributed by atoms with Crippen molar-refractivity contribution in [2.75, 3.05) is 72.0 Å². The summed E-state index contributed by atoms with van der Waals surface area (Å²) in [6, 6.07) is 3.30. The van der Waals surface area contributed by atoms with E-state index >= 15 is 0 Å². The molecule has 1 aromatic carbocycles. The van der Waals surface area contributed by atoms with Gasteiger partial charge in [-0.2, -0.15) is 4.98 Å². The van der Waals surface area contributed by atoms with Gasteiger partial charge in [0.2, 0.25) is 11.9 Å². The summed E-state index contributed by atoms with van der Waals surface area (Å²) in [5, 5.41) is 4.39. The second-order valence-electron chi connectivity index (χ2n) is 10.6. The zero-order valence-corrected chi connectivity index (χ0v) is 25.9. The summed E-state index contributed by atoms with van der Waals surface area (Å²) in [7, 11) is 2.98. The van der Waals surface area contributed by atoms with Gasteiger partial charge in [-0.1, -0.05) is 29.8 Å². The van der Waals surface area contributed by atoms with Crippen LogP contribution in [0.25, 0.3) is 22.2 Å². The Hall–Kier alpha value is -3.38. The lowest BCUT2D eigenvalue weighted by Crippen LogP contribution is -2.48. The van der Waals surface area contributed by atoms with E-state index in [2.05, 4.69) is 21.8 Å². The number of amides is 1. The third kappa shape index (κ3) is 6.75. The quantitative estimate of drug-likeness (QED) is 0.315. The Bertz CT molecular complexity index is 1520. The third-order valence-corrected chi connectivity index (χ3v) is 8.71. The van der Waals surface area contributed by atoms with Crippen LogP contribution in [0.3, 0.4) is 0 Å². The number of nitrogens with one attached hydrogen (secondary N) is 1. The number of benzene rings is 1. The molecule has 0 aliphatic carbocycles. The number of rotatable bonds is 11. The molecule has 2 fully saturated rings. The molecule has 1 atom stereocenters. The van der Waals surface area contributed by atoms with E-state index in [1.165, 1.54) is 20.3 Å². The Labute approximate surface area is 260 Å². The maximum atomic E-state index is 14.2. The molecule has 5 rings (SSSR count). The highest BCUT2D eigenvalue weighted by Gasteiger charge is 2.24. The standard InChI is InChI=1S/C30H36Cl2N6O5/c1-4-24(39)37-11-9-36(10-12-37)7-5-8-38-28-20(17-34-30(35-28)33-16-19-6-13-43-18-19)14-21(29(38)40)25-26(31)22(41-2)15-23(42-3)27(25)32/h4,14-15,17,19H,1,5-13,16,18H2,2-3H3,(H,33,34,35). The summed E-state index contributed by atoms with van der Waals surface area (Å²) in [5.41, 5.74) is 0.842. The second kappa shape index (κ2) is 13.9. The molecule has 230 valence electrons. The minimum Gasteiger partial charge on any atom is -0.495 e. The molecule has 43 heavy (non-hydrogen) atoms. The van der Waals surface area contributed by atoms with Crippen molar-refractivity contribution in [2.45, 2.75) is 19.4 Å². The van der Waals surface area contributed by atoms with Gasteiger partial charge in [0.1, 0.15) is 17.1 Å². The van der Waals surface area contributed by atoms with Crippen LogP contribution in [0.1, 0.15) is 12.8 Å². The summed E-state index contributed by atoms with van der Waals surface area (Å²) >= 11 is 13.5. The fourth-order valence-electron chi connectivity index (χ4n) is 5.51. The number of aryl methyl sites for hydroxylation is 1. The Morgan fingerprint density at radius 1 is 1.14 bits per heavy atom. The molecule has 2 aromatic heterocycles. The van der Waals surface area contributed by atoms with Crippen LogP contribution in [0.15, 0.2) is 35.8 Å². The number of piperazine rings is 1. The lowest BCUT2D eigenvalue weighted by atomic mass is 10.0. The molecule has 1 unspecified atom stereocenters. The number of nitrogens with zero attached hydrogens (tertiary/aromatic N) is 5. The number of carbonyl (C=O) groups is 1. The van der Waals surface area contributed by atoms with E-state index in [-0.39, 0.29) is 21.5 Å². The Kier molecular flexibility index (Phi) is 10.1. The zero-order valence-electron chi connectivity index (χ0n) is 24.4. The Morgan fingerprint density at radius 3 is 2.49 bits per heavy atom. The van der Waals surface area contributed by atoms with Crippen LogP contribution in [0.4, 0.5) is 5.95 Å². The van der Waals surface area contributed by atoms with Crippen molar-refractivity contribution in [2.24, 2.45) is 5.92 Å². The first-order chi connectivity index (χ1) is 20.8. The lowest BCUT2D eigenvalue weighted by Gasteiger charge is -2.34. The maximum absolute atomic E-state index is 14.2. The van der Waals surface area contributed by atoms with Gasteiger partial charge >= 0.3 is 0 Å². The summed E-state index contributed by atoms with van der Waals surface area (Å²) in [5.74, 6) is 1.46. The van der Waals surface area contributed by atoms with Gasteiger partial charge in [0.05, 0.1) is 36.4 Å². The summed E-state index contributed by atoms with van der Waals surface area (Å²) in [4.78, 5) is 39.5. The van der Waals surface area contributed by atoms with Crippen molar-refractivity contribution in [1.82, 2.24) is 24.3 Å². The Balaban J connectivity index is 1.48. The number of methoxy groups -OCH3 is 2. The van der Waals surface area contributed by atoms with E-state index < -0.39 is 0 Å². The van der Waals surface area contributed by atoms with Crippen LogP contribution in [0, 0.1) is 5.92 Å². The van der Waals surface area contributed by atoms with Gasteiger partial charge in [-0.15, -0.1) is 0 Å². The average Bonchev–Trinajstić information content (AvgIpc) is 3.55. The molecular formula is C30H36Cl2N6O5. The van der Waals surface area contributed by atoms with E-state index in [1.807, 2.05) is 0 Å². The molecule has 0 radical (unpaired) electrons. The predicted octanol–water partition coefficient (Wildman–Crippen LogP) is 3.95. The summed E-state index contributed by atoms with van der Waals surface area (Å²) < 4.78 is 18.0. The van der Waals surface area contributed by atoms with Gasteiger partial charge < -0.3 is 24.4 Å². The van der Waals surface area contributed by atoms with Crippen LogP contribution in [0.2, 0.25) is 10.0 Å². The van der Waals surface area contributed by atoms with E-state index in [0.717, 1.165) is 32.7 Å². The summed E-state index contributed by atoms with van der Waals surface area (Å²) in [6.07, 6.45) is 4.71. The first-order valence-electron chi connectivity index (χ1n) is 14.3. The van der Waals surface area contributed by atoms with Crippen LogP contribution < -0.4 is 20.3 Å². The smallest absolute Gasteiger partial charge is 0.260 e. The highest BCUT2D eigenvalue weighted by Crippen LogP contribution is 2.45. The highest BCUT2D eigenvalue weighted by atomic mass is 35.5. The van der Waals surface area contributed by atoms with Crippen molar-refractivity contribution in [3.63, 3.8) is 0 Å². The first kappa shape index (κ1) is 31.1. The minimum atomic E-state index is -0.290. The number of pyridine rings is 1. The number of halogens is 2. The topological polar surface area (TPSA) is 111 Å². The van der Waals surface area contributed by atoms with Gasteiger partial charge in [-0.05, 0) is 31.5 Å². The predicted molar refractivity (Wildman–Crippen MR) is 168 cm³/mol. The van der Waals surface area contributed by atoms with Crippen molar-refractivity contribution in [1.29, 1.82) is 0 Å². The van der Waals surface area contributed by atoms with Gasteiger partial charge in [0.25, 0.3) is 5.56 Å². The maximum Gasteiger partial charge on any atom is 0.260 e. The van der Waals surface area contributed by atoms with Crippen molar-refractivity contribution < 1.29 is 19.0 Å². The third-order valence-electron chi connectivity index (χ3n) is 7.96. The normalized spacial score (nSPS) is 17.3. The van der Waals surface area contributed by atoms with E-state index in [4.69, 9.17) is 42.4 Å². The van der Waals surface area contributed by atoms with E-state index in [1.54, 1.807) is 27.8 Å². The number of anilines is 1. The molecular weight excluding hydrogens is 595 g/mol. The molecule has 0 saturated carbocycles. The number of ether oxygens (including phenoxy) is 3. The van der Waals surface area contributed by atoms with Crippen molar-refractivity contribution >= 4 is 46.1 Å². The molecule has 1 N–H and O–H groups in total. The largest absolute Gasteiger partial charge is 0.495 e. The van der Waals surface area contributed by atoms with Gasteiger partial charge in [-0.3, -0.25) is 19.1 Å². The molecule has 1 amide bonds. The molecule has 3 aromatic rings. The Morgan fingerprint density at radius 2 is 1.86 bits per heavy atom. The molecule has 0 bridgehead atoms. The van der Waals surface area contributed by atoms with E-state index in [0.29, 0.717) is 84.7 Å². The molecule has 2 saturated heterocycles. The molecule has 4 heterocycles. The lowest BCUT2D eigenvalue weighted by molar-refractivity contribution is -0.127. The minimum absolute atomic E-state index is 0.0504. The molecule has 2 aliphatic heterocycles. The number of fused-ring (bicyclic) bond motifs is 1. The fraction of sp³-hybridized carbons (Fsp3) is 0.467. The molecule has 2 aliphatic rings.